The number of aryl methyl sites for hydroxylation is 1. The second-order valence-electron chi connectivity index (χ2n) is 11.0. The minimum Gasteiger partial charge on any atom is -0.479 e. The van der Waals surface area contributed by atoms with Crippen LogP contribution < -0.4 is 10.1 Å². The number of nitrogens with one attached hydrogen (secondary N) is 1. The van der Waals surface area contributed by atoms with E-state index in [4.69, 9.17) is 14.2 Å². The molecular weight excluding hydrogens is 556 g/mol. The smallest absolute Gasteiger partial charge is 0.335 e. The molecule has 5 atom stereocenters. The summed E-state index contributed by atoms with van der Waals surface area (Å²) in [5, 5.41) is 42.5. The van der Waals surface area contributed by atoms with E-state index in [2.05, 4.69) is 5.32 Å². The summed E-state index contributed by atoms with van der Waals surface area (Å²) in [6.07, 6.45) is -5.16. The normalized spacial score (nSPS) is 24.0. The lowest BCUT2D eigenvalue weighted by atomic mass is 9.97. The van der Waals surface area contributed by atoms with Crippen molar-refractivity contribution in [1.29, 1.82) is 0 Å². The highest BCUT2D eigenvalue weighted by atomic mass is 16.7. The lowest BCUT2D eigenvalue weighted by Gasteiger charge is -2.38. The van der Waals surface area contributed by atoms with Gasteiger partial charge in [-0.05, 0) is 51.7 Å². The second-order valence-corrected chi connectivity index (χ2v) is 11.0. The molecule has 230 valence electrons. The van der Waals surface area contributed by atoms with E-state index >= 15 is 0 Å². The number of hydrogen-bond donors (Lipinski definition) is 5. The molecule has 2 aliphatic heterocycles. The standard InChI is InChI=1S/C28H36N2O12/c1-28(2,3)27(39)40-14-16-8-7-15(6-4-5-11-29-18(31)13-30-19(32)9-10-20(30)33)12-17(16)41-26-23(36)21(34)22(35)24(42-26)25(37)38/h7-10,12,21-24,26,34-36H,4-6,11,13-14H2,1-3H3,(H,29,31)(H,37,38)/t21-,22-,23+,24-,26+/m0/s1. The summed E-state index contributed by atoms with van der Waals surface area (Å²) >= 11 is 0. The van der Waals surface area contributed by atoms with Gasteiger partial charge in [-0.1, -0.05) is 12.1 Å². The lowest BCUT2D eigenvalue weighted by Crippen LogP contribution is -2.61. The highest BCUT2D eigenvalue weighted by Gasteiger charge is 2.48. The summed E-state index contributed by atoms with van der Waals surface area (Å²) < 4.78 is 16.4. The van der Waals surface area contributed by atoms with Crippen LogP contribution in [0.4, 0.5) is 0 Å². The number of aliphatic hydroxyl groups is 3. The molecule has 3 rings (SSSR count). The Morgan fingerprint density at radius 1 is 1.00 bits per heavy atom. The zero-order valence-corrected chi connectivity index (χ0v) is 23.5. The molecule has 1 fully saturated rings. The molecule has 0 aliphatic carbocycles. The highest BCUT2D eigenvalue weighted by Crippen LogP contribution is 2.29. The van der Waals surface area contributed by atoms with Gasteiger partial charge in [-0.2, -0.15) is 0 Å². The molecule has 5 N–H and O–H groups in total. The molecule has 0 bridgehead atoms. The van der Waals surface area contributed by atoms with Gasteiger partial charge in [0.15, 0.2) is 6.10 Å². The monoisotopic (exact) mass is 592 g/mol. The fourth-order valence-corrected chi connectivity index (χ4v) is 4.09. The molecule has 0 aromatic heterocycles. The predicted octanol–water partition coefficient (Wildman–Crippen LogP) is -0.589. The third-order valence-electron chi connectivity index (χ3n) is 6.58. The van der Waals surface area contributed by atoms with Crippen LogP contribution in [0.1, 0.15) is 44.7 Å². The van der Waals surface area contributed by atoms with E-state index < -0.39 is 65.8 Å². The summed E-state index contributed by atoms with van der Waals surface area (Å²) in [4.78, 5) is 59.8. The lowest BCUT2D eigenvalue weighted by molar-refractivity contribution is -0.271. The number of carbonyl (C=O) groups is 5. The highest BCUT2D eigenvalue weighted by molar-refractivity contribution is 6.14. The van der Waals surface area contributed by atoms with Crippen molar-refractivity contribution in [1.82, 2.24) is 10.2 Å². The molecule has 2 heterocycles. The van der Waals surface area contributed by atoms with Crippen LogP contribution in [0.2, 0.25) is 0 Å². The number of imide groups is 1. The molecule has 1 aromatic rings. The van der Waals surface area contributed by atoms with Crippen LogP contribution in [0.3, 0.4) is 0 Å². The zero-order chi connectivity index (χ0) is 31.2. The molecule has 14 heteroatoms. The molecule has 1 saturated heterocycles. The molecule has 42 heavy (non-hydrogen) atoms. The maximum Gasteiger partial charge on any atom is 0.335 e. The molecule has 2 aliphatic rings. The molecule has 3 amide bonds. The average molecular weight is 593 g/mol. The maximum absolute atomic E-state index is 12.3. The first-order valence-electron chi connectivity index (χ1n) is 13.4. The molecular formula is C28H36N2O12. The summed E-state index contributed by atoms with van der Waals surface area (Å²) in [6, 6.07) is 5.00. The number of carboxylic acid groups (broad SMARTS) is 1. The minimum absolute atomic E-state index is 0.104. The van der Waals surface area contributed by atoms with Gasteiger partial charge in [0.1, 0.15) is 37.2 Å². The van der Waals surface area contributed by atoms with Crippen molar-refractivity contribution in [3.8, 4) is 5.75 Å². The van der Waals surface area contributed by atoms with E-state index in [1.54, 1.807) is 39.0 Å². The molecule has 0 spiro atoms. The predicted molar refractivity (Wildman–Crippen MR) is 142 cm³/mol. The van der Waals surface area contributed by atoms with Crippen molar-refractivity contribution in [2.75, 3.05) is 13.1 Å². The summed E-state index contributed by atoms with van der Waals surface area (Å²) in [6.45, 7) is 4.79. The Bertz CT molecular complexity index is 1210. The molecule has 0 saturated carbocycles. The van der Waals surface area contributed by atoms with Gasteiger partial charge in [-0.3, -0.25) is 24.1 Å². The second kappa shape index (κ2) is 13.9. The topological polar surface area (TPSA) is 209 Å². The van der Waals surface area contributed by atoms with Gasteiger partial charge in [-0.25, -0.2) is 4.79 Å². The number of carbonyl (C=O) groups excluding carboxylic acids is 4. The van der Waals surface area contributed by atoms with Crippen molar-refractivity contribution >= 4 is 29.7 Å². The first-order chi connectivity index (χ1) is 19.7. The number of aliphatic hydroxyl groups excluding tert-OH is 3. The Morgan fingerprint density at radius 2 is 1.67 bits per heavy atom. The number of amides is 3. The molecule has 14 nitrogen and oxygen atoms in total. The van der Waals surface area contributed by atoms with Crippen molar-refractivity contribution in [3.63, 3.8) is 0 Å². The van der Waals surface area contributed by atoms with Gasteiger partial charge in [0.05, 0.1) is 5.41 Å². The van der Waals surface area contributed by atoms with E-state index in [0.717, 1.165) is 22.6 Å². The largest absolute Gasteiger partial charge is 0.479 e. The van der Waals surface area contributed by atoms with Crippen LogP contribution in [0.25, 0.3) is 0 Å². The van der Waals surface area contributed by atoms with Crippen LogP contribution in [0.15, 0.2) is 30.4 Å². The van der Waals surface area contributed by atoms with Crippen LogP contribution in [0, 0.1) is 5.41 Å². The Kier molecular flexibility index (Phi) is 10.8. The van der Waals surface area contributed by atoms with Gasteiger partial charge in [-0.15, -0.1) is 0 Å². The maximum atomic E-state index is 12.3. The number of esters is 1. The van der Waals surface area contributed by atoms with E-state index in [9.17, 15) is 44.4 Å². The Hall–Kier alpha value is -3.85. The SMILES string of the molecule is CC(C)(C)C(=O)OCc1ccc(CCCCNC(=O)CN2C(=O)C=CC2=O)cc1O[C@@H]1O[C@H](C(=O)O)[C@@H](O)[C@H](O)[C@H]1O. The number of ether oxygens (including phenoxy) is 3. The van der Waals surface area contributed by atoms with E-state index in [-0.39, 0.29) is 18.9 Å². The number of unbranched alkanes of at least 4 members (excludes halogenated alkanes) is 1. The van der Waals surface area contributed by atoms with E-state index in [1.807, 2.05) is 0 Å². The van der Waals surface area contributed by atoms with Gasteiger partial charge in [0.25, 0.3) is 11.8 Å². The zero-order valence-electron chi connectivity index (χ0n) is 23.5. The number of rotatable bonds is 12. The molecule has 0 radical (unpaired) electrons. The van der Waals surface area contributed by atoms with Crippen LogP contribution in [0.5, 0.6) is 5.75 Å². The average Bonchev–Trinajstić information content (AvgIpc) is 3.23. The first-order valence-corrected chi connectivity index (χ1v) is 13.4. The number of nitrogens with zero attached hydrogens (tertiary/aromatic N) is 1. The van der Waals surface area contributed by atoms with Crippen LogP contribution in [-0.4, -0.2) is 98.8 Å². The third-order valence-corrected chi connectivity index (χ3v) is 6.58. The van der Waals surface area contributed by atoms with Crippen molar-refractivity contribution in [2.24, 2.45) is 5.41 Å². The molecule has 1 aromatic carbocycles. The molecule has 0 unspecified atom stereocenters. The van der Waals surface area contributed by atoms with Crippen LogP contribution in [-0.2, 0) is 46.5 Å². The number of hydrogen-bond acceptors (Lipinski definition) is 11. The Morgan fingerprint density at radius 3 is 2.29 bits per heavy atom. The van der Waals surface area contributed by atoms with E-state index in [0.29, 0.717) is 31.4 Å². The van der Waals surface area contributed by atoms with Gasteiger partial charge in [0, 0.05) is 24.3 Å². The van der Waals surface area contributed by atoms with Gasteiger partial charge < -0.3 is 40.0 Å². The number of aliphatic carboxylic acids is 1. The van der Waals surface area contributed by atoms with E-state index in [1.165, 1.54) is 0 Å². The fourth-order valence-electron chi connectivity index (χ4n) is 4.09. The summed E-state index contributed by atoms with van der Waals surface area (Å²) in [5.74, 6) is -3.48. The number of benzene rings is 1. The van der Waals surface area contributed by atoms with Crippen molar-refractivity contribution < 1.29 is 58.6 Å². The third kappa shape index (κ3) is 8.35. The quantitative estimate of drug-likeness (QED) is 0.117. The Labute approximate surface area is 241 Å². The van der Waals surface area contributed by atoms with Crippen molar-refractivity contribution in [3.05, 3.63) is 41.5 Å². The fraction of sp³-hybridized carbons (Fsp3) is 0.536. The Balaban J connectivity index is 1.64. The van der Waals surface area contributed by atoms with Crippen LogP contribution >= 0.6 is 0 Å². The van der Waals surface area contributed by atoms with Gasteiger partial charge in [0.2, 0.25) is 12.2 Å². The number of carboxylic acids is 1. The summed E-state index contributed by atoms with van der Waals surface area (Å²) in [7, 11) is 0. The minimum atomic E-state index is -1.88. The summed E-state index contributed by atoms with van der Waals surface area (Å²) in [5.41, 5.74) is 0.361. The van der Waals surface area contributed by atoms with Crippen molar-refractivity contribution in [2.45, 2.75) is 77.3 Å². The first kappa shape index (κ1) is 32.7. The van der Waals surface area contributed by atoms with Gasteiger partial charge >= 0.3 is 11.9 Å².